The van der Waals surface area contributed by atoms with Crippen molar-refractivity contribution in [3.63, 3.8) is 0 Å². The average molecular weight is 277 g/mol. The molecule has 0 bridgehead atoms. The lowest BCUT2D eigenvalue weighted by Gasteiger charge is -1.96. The fraction of sp³-hybridized carbons (Fsp3) is 0.250. The monoisotopic (exact) mass is 276 g/mol. The first-order valence-corrected chi connectivity index (χ1v) is 5.81. The Kier molecular flexibility index (Phi) is 3.32. The molecule has 0 saturated carbocycles. The van der Waals surface area contributed by atoms with E-state index in [4.69, 9.17) is 27.6 Å². The maximum Gasteiger partial charge on any atom is 0.264 e. The summed E-state index contributed by atoms with van der Waals surface area (Å²) in [4.78, 5) is 15.6. The summed E-state index contributed by atoms with van der Waals surface area (Å²) in [6.45, 7) is 3.69. The van der Waals surface area contributed by atoms with Gasteiger partial charge in [0.05, 0.1) is 5.69 Å². The molecule has 0 aliphatic rings. The van der Waals surface area contributed by atoms with Crippen LogP contribution >= 0.6 is 35.0 Å². The lowest BCUT2D eigenvalue weighted by molar-refractivity contribution is 0.430. The second-order valence-corrected chi connectivity index (χ2v) is 4.47. The lowest BCUT2D eigenvalue weighted by atomic mass is 10.4. The van der Waals surface area contributed by atoms with Gasteiger partial charge >= 0.3 is 0 Å². The molecule has 8 heteroatoms. The molecule has 0 radical (unpaired) electrons. The van der Waals surface area contributed by atoms with E-state index in [9.17, 15) is 0 Å². The van der Waals surface area contributed by atoms with Gasteiger partial charge in [-0.05, 0) is 37.0 Å². The molecule has 0 N–H and O–H groups in total. The molecule has 16 heavy (non-hydrogen) atoms. The molecule has 0 spiro atoms. The normalized spacial score (nSPS) is 10.8. The van der Waals surface area contributed by atoms with Gasteiger partial charge in [0.15, 0.2) is 0 Å². The lowest BCUT2D eigenvalue weighted by Crippen LogP contribution is -1.91. The summed E-state index contributed by atoms with van der Waals surface area (Å²) in [7, 11) is 0. The predicted octanol–water partition coefficient (Wildman–Crippen LogP) is 2.93. The highest BCUT2D eigenvalue weighted by molar-refractivity contribution is 7.98. The second kappa shape index (κ2) is 4.57. The number of aryl methyl sites for hydroxylation is 2. The van der Waals surface area contributed by atoms with Crippen LogP contribution in [-0.4, -0.2) is 19.9 Å². The largest absolute Gasteiger partial charge is 0.436 e. The van der Waals surface area contributed by atoms with Crippen LogP contribution in [0.2, 0.25) is 10.6 Å². The van der Waals surface area contributed by atoms with E-state index in [1.807, 2.05) is 13.8 Å². The van der Waals surface area contributed by atoms with Crippen molar-refractivity contribution in [3.05, 3.63) is 22.0 Å². The van der Waals surface area contributed by atoms with Crippen LogP contribution in [0.5, 0.6) is 0 Å². The summed E-state index contributed by atoms with van der Waals surface area (Å²) in [5, 5.41) is 0.893. The van der Waals surface area contributed by atoms with Crippen molar-refractivity contribution in [2.75, 3.05) is 0 Å². The Morgan fingerprint density at radius 1 is 1.00 bits per heavy atom. The van der Waals surface area contributed by atoms with Crippen LogP contribution in [0.15, 0.2) is 14.8 Å². The maximum absolute atomic E-state index is 5.64. The highest BCUT2D eigenvalue weighted by atomic mass is 35.5. The Bertz CT molecular complexity index is 491. The molecule has 0 amide bonds. The minimum Gasteiger partial charge on any atom is -0.436 e. The third kappa shape index (κ3) is 2.63. The molecule has 2 aromatic rings. The molecule has 84 valence electrons. The Balaban J connectivity index is 2.26. The van der Waals surface area contributed by atoms with Crippen molar-refractivity contribution >= 4 is 35.0 Å². The Labute approximate surface area is 106 Å². The SMILES string of the molecule is Cc1nc(Sc2nc(Cl)nc(Cl)n2)oc1C. The van der Waals surface area contributed by atoms with Gasteiger partial charge in [-0.2, -0.15) is 15.0 Å². The van der Waals surface area contributed by atoms with Crippen LogP contribution in [0.1, 0.15) is 11.5 Å². The van der Waals surface area contributed by atoms with Gasteiger partial charge in [0.1, 0.15) is 5.76 Å². The van der Waals surface area contributed by atoms with Crippen molar-refractivity contribution < 1.29 is 4.42 Å². The summed E-state index contributed by atoms with van der Waals surface area (Å²) in [5.74, 6) is 0.758. The molecule has 0 aromatic carbocycles. The average Bonchev–Trinajstić information content (AvgIpc) is 2.43. The minimum atomic E-state index is 0.0440. The first kappa shape index (κ1) is 11.6. The van der Waals surface area contributed by atoms with Gasteiger partial charge in [0.25, 0.3) is 5.22 Å². The zero-order valence-electron chi connectivity index (χ0n) is 8.36. The number of halogens is 2. The summed E-state index contributed by atoms with van der Waals surface area (Å²) >= 11 is 12.4. The van der Waals surface area contributed by atoms with E-state index in [0.29, 0.717) is 10.4 Å². The second-order valence-electron chi connectivity index (χ2n) is 2.88. The summed E-state index contributed by atoms with van der Waals surface area (Å²) in [5.41, 5.74) is 0.828. The van der Waals surface area contributed by atoms with E-state index in [0.717, 1.165) is 23.2 Å². The fourth-order valence-corrected chi connectivity index (χ4v) is 2.15. The van der Waals surface area contributed by atoms with Gasteiger partial charge in [-0.1, -0.05) is 0 Å². The van der Waals surface area contributed by atoms with Gasteiger partial charge in [-0.25, -0.2) is 4.98 Å². The molecule has 0 saturated heterocycles. The van der Waals surface area contributed by atoms with Crippen LogP contribution in [0.4, 0.5) is 0 Å². The Hall–Kier alpha value is -0.850. The zero-order chi connectivity index (χ0) is 11.7. The number of oxazole rings is 1. The molecule has 0 fully saturated rings. The number of hydrogen-bond acceptors (Lipinski definition) is 6. The van der Waals surface area contributed by atoms with E-state index >= 15 is 0 Å². The van der Waals surface area contributed by atoms with E-state index < -0.39 is 0 Å². The van der Waals surface area contributed by atoms with Crippen molar-refractivity contribution in [2.24, 2.45) is 0 Å². The molecule has 5 nitrogen and oxygen atoms in total. The van der Waals surface area contributed by atoms with Crippen LogP contribution < -0.4 is 0 Å². The Morgan fingerprint density at radius 3 is 2.12 bits per heavy atom. The first-order chi connectivity index (χ1) is 7.54. The van der Waals surface area contributed by atoms with Gasteiger partial charge in [0, 0.05) is 11.8 Å². The van der Waals surface area contributed by atoms with Crippen molar-refractivity contribution in [2.45, 2.75) is 24.2 Å². The van der Waals surface area contributed by atoms with Gasteiger partial charge < -0.3 is 4.42 Å². The highest BCUT2D eigenvalue weighted by Crippen LogP contribution is 2.26. The minimum absolute atomic E-state index is 0.0440. The molecule has 0 aliphatic carbocycles. The van der Waals surface area contributed by atoms with Gasteiger partial charge in [-0.3, -0.25) is 0 Å². The van der Waals surface area contributed by atoms with Crippen molar-refractivity contribution in [1.29, 1.82) is 0 Å². The van der Waals surface area contributed by atoms with Gasteiger partial charge in [-0.15, -0.1) is 0 Å². The zero-order valence-corrected chi connectivity index (χ0v) is 10.7. The van der Waals surface area contributed by atoms with Crippen LogP contribution in [-0.2, 0) is 0 Å². The summed E-state index contributed by atoms with van der Waals surface area (Å²) in [6, 6.07) is 0. The van der Waals surface area contributed by atoms with E-state index in [-0.39, 0.29) is 10.6 Å². The maximum atomic E-state index is 5.64. The summed E-state index contributed by atoms with van der Waals surface area (Å²) < 4.78 is 5.36. The predicted molar refractivity (Wildman–Crippen MR) is 59.9 cm³/mol. The van der Waals surface area contributed by atoms with E-state index in [2.05, 4.69) is 19.9 Å². The first-order valence-electron chi connectivity index (χ1n) is 4.23. The summed E-state index contributed by atoms with van der Waals surface area (Å²) in [6.07, 6.45) is 0. The molecule has 0 unspecified atom stereocenters. The highest BCUT2D eigenvalue weighted by Gasteiger charge is 2.11. The van der Waals surface area contributed by atoms with E-state index in [1.54, 1.807) is 0 Å². The van der Waals surface area contributed by atoms with E-state index in [1.165, 1.54) is 0 Å². The molecular formula is C8H6Cl2N4OS. The third-order valence-electron chi connectivity index (χ3n) is 1.75. The van der Waals surface area contributed by atoms with Crippen LogP contribution in [0.3, 0.4) is 0 Å². The smallest absolute Gasteiger partial charge is 0.264 e. The molecule has 2 aromatic heterocycles. The standard InChI is InChI=1S/C8H6Cl2N4OS/c1-3-4(2)15-8(11-3)16-7-13-5(9)12-6(10)14-7/h1-2H3. The molecule has 0 aliphatic heterocycles. The molecule has 2 heterocycles. The topological polar surface area (TPSA) is 64.7 Å². The molecule has 2 rings (SSSR count). The number of aromatic nitrogens is 4. The quantitative estimate of drug-likeness (QED) is 0.840. The number of nitrogens with zero attached hydrogens (tertiary/aromatic N) is 4. The van der Waals surface area contributed by atoms with Crippen LogP contribution in [0, 0.1) is 13.8 Å². The molecular weight excluding hydrogens is 271 g/mol. The fourth-order valence-electron chi connectivity index (χ4n) is 0.920. The van der Waals surface area contributed by atoms with Crippen molar-refractivity contribution in [1.82, 2.24) is 19.9 Å². The third-order valence-corrected chi connectivity index (χ3v) is 2.80. The molecule has 0 atom stereocenters. The number of hydrogen-bond donors (Lipinski definition) is 0. The van der Waals surface area contributed by atoms with Crippen LogP contribution in [0.25, 0.3) is 0 Å². The van der Waals surface area contributed by atoms with Gasteiger partial charge in [0.2, 0.25) is 15.7 Å². The van der Waals surface area contributed by atoms with Crippen molar-refractivity contribution in [3.8, 4) is 0 Å². The number of rotatable bonds is 2. The Morgan fingerprint density at radius 2 is 1.62 bits per heavy atom.